The van der Waals surface area contributed by atoms with Gasteiger partial charge in [0.1, 0.15) is 11.6 Å². The molecule has 0 saturated heterocycles. The van der Waals surface area contributed by atoms with E-state index < -0.39 is 17.7 Å². The van der Waals surface area contributed by atoms with E-state index in [1.165, 1.54) is 24.3 Å². The predicted molar refractivity (Wildman–Crippen MR) is 159 cm³/mol. The lowest BCUT2D eigenvalue weighted by Crippen LogP contribution is -2.20. The molecule has 0 unspecified atom stereocenters. The van der Waals surface area contributed by atoms with Crippen molar-refractivity contribution in [2.24, 2.45) is 0 Å². The number of thiophene rings is 1. The number of nitrogens with zero attached hydrogens (tertiary/aromatic N) is 2. The van der Waals surface area contributed by atoms with Gasteiger partial charge in [-0.25, -0.2) is 13.6 Å². The molecule has 10 heteroatoms. The third-order valence-electron chi connectivity index (χ3n) is 6.48. The molecule has 210 valence electrons. The number of amides is 2. The fraction of sp³-hybridized carbons (Fsp3) is 0.194. The molecule has 3 N–H and O–H groups in total. The van der Waals surface area contributed by atoms with E-state index >= 15 is 0 Å². The highest BCUT2D eigenvalue weighted by molar-refractivity contribution is 7.22. The average molecular weight is 574 g/mol. The van der Waals surface area contributed by atoms with Crippen LogP contribution < -0.4 is 16.0 Å². The van der Waals surface area contributed by atoms with E-state index in [-0.39, 0.29) is 11.4 Å². The quantitative estimate of drug-likeness (QED) is 0.151. The van der Waals surface area contributed by atoms with Gasteiger partial charge in [0.15, 0.2) is 0 Å². The Labute approximate surface area is 240 Å². The zero-order valence-electron chi connectivity index (χ0n) is 22.4. The number of carbonyl (C=O) groups is 1. The molecule has 7 nitrogen and oxygen atoms in total. The largest absolute Gasteiger partial charge is 0.383 e. The molecule has 3 aromatic heterocycles. The van der Waals surface area contributed by atoms with Gasteiger partial charge in [0.05, 0.1) is 33.1 Å². The van der Waals surface area contributed by atoms with Gasteiger partial charge in [-0.05, 0) is 72.0 Å². The highest BCUT2D eigenvalue weighted by Crippen LogP contribution is 2.34. The number of methoxy groups -OCH3 is 1. The number of hydrogen-bond donors (Lipinski definition) is 3. The van der Waals surface area contributed by atoms with Crippen LogP contribution in [-0.4, -0.2) is 36.3 Å². The van der Waals surface area contributed by atoms with Crippen molar-refractivity contribution >= 4 is 39.0 Å². The molecule has 0 aliphatic carbocycles. The van der Waals surface area contributed by atoms with Gasteiger partial charge in [-0.2, -0.15) is 0 Å². The first-order chi connectivity index (χ1) is 20.0. The summed E-state index contributed by atoms with van der Waals surface area (Å²) in [6.07, 6.45) is 4.74. The lowest BCUT2D eigenvalue weighted by molar-refractivity contribution is 0.199. The van der Waals surface area contributed by atoms with Crippen LogP contribution in [0.15, 0.2) is 79.1 Å². The zero-order valence-corrected chi connectivity index (χ0v) is 23.2. The Morgan fingerprint density at radius 2 is 1.78 bits per heavy atom. The Balaban J connectivity index is 1.22. The fourth-order valence-corrected chi connectivity index (χ4v) is 5.47. The minimum absolute atomic E-state index is 0.0429. The number of carbonyl (C=O) groups excluding carboxylic acids is 1. The summed E-state index contributed by atoms with van der Waals surface area (Å²) in [6, 6.07) is 17.8. The van der Waals surface area contributed by atoms with Crippen LogP contribution in [0.5, 0.6) is 0 Å². The summed E-state index contributed by atoms with van der Waals surface area (Å²) < 4.78 is 34.8. The Hall–Kier alpha value is -4.25. The molecule has 2 amide bonds. The highest BCUT2D eigenvalue weighted by Gasteiger charge is 2.13. The molecule has 0 saturated carbocycles. The van der Waals surface area contributed by atoms with E-state index in [1.54, 1.807) is 42.8 Å². The summed E-state index contributed by atoms with van der Waals surface area (Å²) in [4.78, 5) is 22.4. The summed E-state index contributed by atoms with van der Waals surface area (Å²) in [6.45, 7) is 2.17. The topological polar surface area (TPSA) is 88.2 Å². The zero-order chi connectivity index (χ0) is 28.6. The summed E-state index contributed by atoms with van der Waals surface area (Å²) in [5, 5.41) is 8.28. The van der Waals surface area contributed by atoms with Crippen molar-refractivity contribution in [3.8, 4) is 10.6 Å². The molecular weight excluding hydrogens is 544 g/mol. The number of fused-ring (bicyclic) bond motifs is 1. The summed E-state index contributed by atoms with van der Waals surface area (Å²) in [5.41, 5.74) is 4.79. The summed E-state index contributed by atoms with van der Waals surface area (Å²) in [5.74, 6) is -0.977. The average Bonchev–Trinajstić information content (AvgIpc) is 3.42. The molecule has 2 aromatic carbocycles. The van der Waals surface area contributed by atoms with E-state index in [1.807, 2.05) is 24.4 Å². The smallest absolute Gasteiger partial charge is 0.323 e. The number of aryl methyl sites for hydroxylation is 2. The van der Waals surface area contributed by atoms with Crippen LogP contribution in [0.3, 0.4) is 0 Å². The lowest BCUT2D eigenvalue weighted by Gasteiger charge is -2.10. The minimum atomic E-state index is -0.655. The van der Waals surface area contributed by atoms with Crippen LogP contribution in [0.4, 0.5) is 25.0 Å². The molecule has 0 aliphatic rings. The first-order valence-electron chi connectivity index (χ1n) is 13.1. The number of hydrogen-bond acceptors (Lipinski definition) is 6. The van der Waals surface area contributed by atoms with Crippen LogP contribution in [-0.2, 0) is 24.1 Å². The van der Waals surface area contributed by atoms with Crippen molar-refractivity contribution in [2.45, 2.75) is 19.4 Å². The van der Waals surface area contributed by atoms with E-state index in [0.717, 1.165) is 45.0 Å². The molecule has 0 radical (unpaired) electrons. The van der Waals surface area contributed by atoms with Gasteiger partial charge in [0, 0.05) is 38.3 Å². The molecule has 41 heavy (non-hydrogen) atoms. The van der Waals surface area contributed by atoms with Crippen LogP contribution in [0.2, 0.25) is 0 Å². The number of halogens is 2. The molecule has 5 aromatic rings. The number of nitrogens with one attached hydrogen (secondary N) is 3. The summed E-state index contributed by atoms with van der Waals surface area (Å²) >= 11 is 1.63. The second-order valence-electron chi connectivity index (χ2n) is 9.38. The second kappa shape index (κ2) is 13.4. The standard InChI is InChI=1S/C31H29F2N5O2S/c1-40-15-14-34-18-20-6-11-27(36-19-20)29-17-28-30(41-29)22(12-13-35-28)8-7-21-9-10-23(16-25(21)33)37-31(39)38-26-5-3-2-4-24(26)32/h2-6,9-13,16-17,19,34H,7-8,14-15,18H2,1H3,(H2,37,38,39). The van der Waals surface area contributed by atoms with E-state index in [2.05, 4.69) is 32.0 Å². The van der Waals surface area contributed by atoms with Gasteiger partial charge in [-0.1, -0.05) is 24.3 Å². The Morgan fingerprint density at radius 3 is 2.56 bits per heavy atom. The van der Waals surface area contributed by atoms with Crippen LogP contribution in [0, 0.1) is 11.6 Å². The van der Waals surface area contributed by atoms with Crippen molar-refractivity contribution in [3.05, 3.63) is 107 Å². The number of aromatic nitrogens is 2. The molecular formula is C31H29F2N5O2S. The monoisotopic (exact) mass is 573 g/mol. The maximum absolute atomic E-state index is 14.9. The molecule has 0 fully saturated rings. The molecule has 0 atom stereocenters. The third kappa shape index (κ3) is 7.29. The first-order valence-corrected chi connectivity index (χ1v) is 13.9. The van der Waals surface area contributed by atoms with Gasteiger partial charge in [-0.15, -0.1) is 11.3 Å². The maximum atomic E-state index is 14.9. The van der Waals surface area contributed by atoms with Crippen LogP contribution >= 0.6 is 11.3 Å². The minimum Gasteiger partial charge on any atom is -0.383 e. The van der Waals surface area contributed by atoms with Crippen molar-refractivity contribution in [1.29, 1.82) is 0 Å². The molecule has 3 heterocycles. The number of ether oxygens (including phenoxy) is 1. The van der Waals surface area contributed by atoms with Gasteiger partial charge in [0.25, 0.3) is 0 Å². The number of para-hydroxylation sites is 1. The molecule has 5 rings (SSSR count). The predicted octanol–water partition coefficient (Wildman–Crippen LogP) is 6.80. The Morgan fingerprint density at radius 1 is 0.927 bits per heavy atom. The number of urea groups is 1. The van der Waals surface area contributed by atoms with Gasteiger partial charge >= 0.3 is 6.03 Å². The second-order valence-corrected chi connectivity index (χ2v) is 10.4. The van der Waals surface area contributed by atoms with Gasteiger partial charge in [-0.3, -0.25) is 9.97 Å². The molecule has 0 bridgehead atoms. The van der Waals surface area contributed by atoms with E-state index in [0.29, 0.717) is 25.0 Å². The highest BCUT2D eigenvalue weighted by atomic mass is 32.1. The first kappa shape index (κ1) is 28.3. The lowest BCUT2D eigenvalue weighted by atomic mass is 10.0. The Bertz CT molecular complexity index is 1640. The SMILES string of the molecule is COCCNCc1ccc(-c2cc3nccc(CCc4ccc(NC(=O)Nc5ccccc5F)cc4F)c3s2)nc1. The van der Waals surface area contributed by atoms with Crippen molar-refractivity contribution in [1.82, 2.24) is 15.3 Å². The van der Waals surface area contributed by atoms with E-state index in [4.69, 9.17) is 4.74 Å². The molecule has 0 aliphatic heterocycles. The maximum Gasteiger partial charge on any atom is 0.323 e. The third-order valence-corrected chi connectivity index (χ3v) is 7.70. The van der Waals surface area contributed by atoms with Crippen molar-refractivity contribution < 1.29 is 18.3 Å². The van der Waals surface area contributed by atoms with E-state index in [9.17, 15) is 13.6 Å². The summed E-state index contributed by atoms with van der Waals surface area (Å²) in [7, 11) is 1.68. The number of pyridine rings is 2. The van der Waals surface area contributed by atoms with Crippen LogP contribution in [0.1, 0.15) is 16.7 Å². The van der Waals surface area contributed by atoms with Gasteiger partial charge < -0.3 is 20.7 Å². The number of anilines is 2. The van der Waals surface area contributed by atoms with Gasteiger partial charge in [0.2, 0.25) is 0 Å². The molecule has 0 spiro atoms. The fourth-order valence-electron chi connectivity index (χ4n) is 4.34. The number of benzene rings is 2. The normalized spacial score (nSPS) is 11.1. The van der Waals surface area contributed by atoms with Crippen molar-refractivity contribution in [3.63, 3.8) is 0 Å². The van der Waals surface area contributed by atoms with Crippen LogP contribution in [0.25, 0.3) is 20.8 Å². The Kier molecular flexibility index (Phi) is 9.25. The number of rotatable bonds is 11. The van der Waals surface area contributed by atoms with Crippen molar-refractivity contribution in [2.75, 3.05) is 30.9 Å².